The molecular weight excluding hydrogens is 478 g/mol. The van der Waals surface area contributed by atoms with Gasteiger partial charge in [-0.3, -0.25) is 4.79 Å². The zero-order chi connectivity index (χ0) is 25.3. The average Bonchev–Trinajstić information content (AvgIpc) is 2.83. The van der Waals surface area contributed by atoms with Gasteiger partial charge < -0.3 is 25.6 Å². The number of nitrogens with zero attached hydrogens (tertiary/aromatic N) is 1. The Kier molecular flexibility index (Phi) is 7.67. The third-order valence-electron chi connectivity index (χ3n) is 8.72. The summed E-state index contributed by atoms with van der Waals surface area (Å²) in [6.07, 6.45) is 7.76. The fraction of sp³-hybridized carbons (Fsp3) is 0.741. The number of aliphatic hydroxyl groups is 1. The minimum atomic E-state index is -1.19. The Labute approximate surface area is 217 Å². The lowest BCUT2D eigenvalue weighted by Crippen LogP contribution is -2.61. The van der Waals surface area contributed by atoms with Crippen LogP contribution in [0.15, 0.2) is 17.2 Å². The van der Waals surface area contributed by atoms with Crippen molar-refractivity contribution < 1.29 is 24.5 Å². The second kappa shape index (κ2) is 10.8. The first-order valence-electron chi connectivity index (χ1n) is 13.6. The summed E-state index contributed by atoms with van der Waals surface area (Å²) >= 11 is 1.62. The summed E-state index contributed by atoms with van der Waals surface area (Å²) in [6, 6.07) is 3.93. The second-order valence-corrected chi connectivity index (χ2v) is 12.6. The molecule has 1 amide bonds. The summed E-state index contributed by atoms with van der Waals surface area (Å²) in [4.78, 5) is 29.0. The van der Waals surface area contributed by atoms with Crippen LogP contribution in [0.3, 0.4) is 0 Å². The normalized spacial score (nSPS) is 34.8. The minimum absolute atomic E-state index is 0.0473. The largest absolute Gasteiger partial charge is 0.506 e. The van der Waals surface area contributed by atoms with Gasteiger partial charge in [0, 0.05) is 12.6 Å². The van der Waals surface area contributed by atoms with Gasteiger partial charge in [-0.1, -0.05) is 6.92 Å². The Morgan fingerprint density at radius 1 is 1.14 bits per heavy atom. The molecule has 1 aromatic heterocycles. The van der Waals surface area contributed by atoms with Crippen LogP contribution in [0.2, 0.25) is 0 Å². The van der Waals surface area contributed by atoms with Crippen molar-refractivity contribution >= 4 is 29.6 Å². The molecule has 8 nitrogen and oxygen atoms in total. The molecule has 9 heteroatoms. The molecule has 6 rings (SSSR count). The van der Waals surface area contributed by atoms with Crippen molar-refractivity contribution in [3.63, 3.8) is 0 Å². The molecule has 5 aliphatic rings. The number of amides is 1. The van der Waals surface area contributed by atoms with Crippen LogP contribution in [-0.2, 0) is 4.74 Å². The highest BCUT2D eigenvalue weighted by Crippen LogP contribution is 2.55. The monoisotopic (exact) mass is 517 g/mol. The summed E-state index contributed by atoms with van der Waals surface area (Å²) in [5, 5.41) is 27.2. The molecule has 4 bridgehead atoms. The fourth-order valence-corrected chi connectivity index (χ4v) is 8.19. The number of nitrogens with one attached hydrogen (secondary N) is 2. The fourth-order valence-electron chi connectivity index (χ4n) is 7.31. The van der Waals surface area contributed by atoms with Gasteiger partial charge in [-0.25, -0.2) is 9.78 Å². The van der Waals surface area contributed by atoms with E-state index >= 15 is 0 Å². The molecule has 5 fully saturated rings. The molecule has 0 aliphatic heterocycles. The molecular formula is C27H39N3O5S. The SMILES string of the molecule is CCCSc1nc(NCC2CCC(OC(=O)O)CC2)ccc1C(=O)N[C@H]1C2CC3CC1C[C@@](O)(C3)C2. The van der Waals surface area contributed by atoms with Crippen molar-refractivity contribution in [2.24, 2.45) is 23.7 Å². The molecule has 5 aliphatic carbocycles. The van der Waals surface area contributed by atoms with Crippen molar-refractivity contribution in [2.45, 2.75) is 93.9 Å². The third-order valence-corrected chi connectivity index (χ3v) is 9.92. The van der Waals surface area contributed by atoms with Gasteiger partial charge in [0.1, 0.15) is 16.9 Å². The molecule has 0 saturated heterocycles. The van der Waals surface area contributed by atoms with E-state index in [1.54, 1.807) is 11.8 Å². The maximum Gasteiger partial charge on any atom is 0.506 e. The van der Waals surface area contributed by atoms with Crippen LogP contribution in [0.5, 0.6) is 0 Å². The lowest BCUT2D eigenvalue weighted by molar-refractivity contribution is -0.136. The van der Waals surface area contributed by atoms with Gasteiger partial charge in [0.25, 0.3) is 5.91 Å². The van der Waals surface area contributed by atoms with Crippen LogP contribution in [0.25, 0.3) is 0 Å². The van der Waals surface area contributed by atoms with Crippen LogP contribution in [0.1, 0.15) is 81.5 Å². The Morgan fingerprint density at radius 2 is 1.86 bits per heavy atom. The quantitative estimate of drug-likeness (QED) is 0.269. The van der Waals surface area contributed by atoms with Gasteiger partial charge in [-0.2, -0.15) is 0 Å². The Bertz CT molecular complexity index is 951. The number of hydrogen-bond donors (Lipinski definition) is 4. The highest BCUT2D eigenvalue weighted by atomic mass is 32.2. The standard InChI is InChI=1S/C27H39N3O5S/c1-2-9-36-25-21(24(31)30-23-18-10-17-11-19(23)14-27(34,12-17)13-18)7-8-22(29-25)28-15-16-3-5-20(6-4-16)35-26(32)33/h7-8,16-20,23,34H,2-6,9-15H2,1H3,(H,28,29)(H,30,31)(H,32,33)/t16?,17?,18?,19?,20?,23-,27+. The number of rotatable bonds is 9. The van der Waals surface area contributed by atoms with Gasteiger partial charge in [0.05, 0.1) is 11.2 Å². The number of pyridine rings is 1. The number of thioether (sulfide) groups is 1. The van der Waals surface area contributed by atoms with Gasteiger partial charge in [-0.05, 0) is 106 Å². The maximum atomic E-state index is 13.4. The molecule has 0 aromatic carbocycles. The van der Waals surface area contributed by atoms with Crippen molar-refractivity contribution in [1.29, 1.82) is 0 Å². The summed E-state index contributed by atoms with van der Waals surface area (Å²) in [5.41, 5.74) is 0.134. The van der Waals surface area contributed by atoms with E-state index in [1.807, 2.05) is 12.1 Å². The number of anilines is 1. The summed E-state index contributed by atoms with van der Waals surface area (Å²) < 4.78 is 4.91. The number of carboxylic acid groups (broad SMARTS) is 1. The summed E-state index contributed by atoms with van der Waals surface area (Å²) in [7, 11) is 0. The number of aromatic nitrogens is 1. The first-order chi connectivity index (χ1) is 17.3. The average molecular weight is 518 g/mol. The summed E-state index contributed by atoms with van der Waals surface area (Å²) in [6.45, 7) is 2.89. The lowest BCUT2D eigenvalue weighted by atomic mass is 9.52. The molecule has 4 N–H and O–H groups in total. The predicted molar refractivity (Wildman–Crippen MR) is 138 cm³/mol. The molecule has 1 aromatic rings. The Morgan fingerprint density at radius 3 is 2.50 bits per heavy atom. The number of ether oxygens (including phenoxy) is 1. The van der Waals surface area contributed by atoms with Crippen LogP contribution >= 0.6 is 11.8 Å². The van der Waals surface area contributed by atoms with E-state index in [9.17, 15) is 14.7 Å². The van der Waals surface area contributed by atoms with Gasteiger partial charge >= 0.3 is 6.16 Å². The highest BCUT2D eigenvalue weighted by molar-refractivity contribution is 7.99. The maximum absolute atomic E-state index is 13.4. The molecule has 36 heavy (non-hydrogen) atoms. The Balaban J connectivity index is 1.20. The second-order valence-electron chi connectivity index (χ2n) is 11.5. The van der Waals surface area contributed by atoms with E-state index in [2.05, 4.69) is 17.6 Å². The van der Waals surface area contributed by atoms with E-state index in [0.717, 1.165) is 87.3 Å². The van der Waals surface area contributed by atoms with Crippen molar-refractivity contribution in [3.8, 4) is 0 Å². The number of hydrogen-bond acceptors (Lipinski definition) is 7. The molecule has 2 unspecified atom stereocenters. The van der Waals surface area contributed by atoms with Crippen molar-refractivity contribution in [3.05, 3.63) is 17.7 Å². The molecule has 0 radical (unpaired) electrons. The molecule has 5 saturated carbocycles. The third kappa shape index (κ3) is 5.77. The zero-order valence-electron chi connectivity index (χ0n) is 21.1. The van der Waals surface area contributed by atoms with E-state index in [0.29, 0.717) is 29.2 Å². The highest BCUT2D eigenvalue weighted by Gasteiger charge is 2.55. The molecule has 2 atom stereocenters. The minimum Gasteiger partial charge on any atom is -0.450 e. The Hall–Kier alpha value is -2.00. The van der Waals surface area contributed by atoms with Gasteiger partial charge in [0.2, 0.25) is 0 Å². The number of carbonyl (C=O) groups excluding carboxylic acids is 1. The lowest BCUT2D eigenvalue weighted by Gasteiger charge is -2.58. The van der Waals surface area contributed by atoms with Crippen molar-refractivity contribution in [1.82, 2.24) is 10.3 Å². The van der Waals surface area contributed by atoms with E-state index in [4.69, 9.17) is 14.8 Å². The van der Waals surface area contributed by atoms with Gasteiger partial charge in [0.15, 0.2) is 0 Å². The van der Waals surface area contributed by atoms with Crippen LogP contribution in [-0.4, -0.2) is 57.3 Å². The van der Waals surface area contributed by atoms with E-state index in [-0.39, 0.29) is 18.1 Å². The predicted octanol–water partition coefficient (Wildman–Crippen LogP) is 4.92. The van der Waals surface area contributed by atoms with Crippen molar-refractivity contribution in [2.75, 3.05) is 17.6 Å². The van der Waals surface area contributed by atoms with Crippen LogP contribution < -0.4 is 10.6 Å². The first-order valence-corrected chi connectivity index (χ1v) is 14.6. The van der Waals surface area contributed by atoms with Crippen LogP contribution in [0, 0.1) is 23.7 Å². The molecule has 1 heterocycles. The smallest absolute Gasteiger partial charge is 0.450 e. The van der Waals surface area contributed by atoms with Crippen LogP contribution in [0.4, 0.5) is 10.6 Å². The van der Waals surface area contributed by atoms with Gasteiger partial charge in [-0.15, -0.1) is 11.8 Å². The van der Waals surface area contributed by atoms with E-state index in [1.165, 1.54) is 0 Å². The first kappa shape index (κ1) is 25.6. The van der Waals surface area contributed by atoms with E-state index < -0.39 is 11.8 Å². The number of carbonyl (C=O) groups is 2. The summed E-state index contributed by atoms with van der Waals surface area (Å²) in [5.74, 6) is 3.43. The zero-order valence-corrected chi connectivity index (χ0v) is 21.9. The topological polar surface area (TPSA) is 121 Å². The molecule has 0 spiro atoms. The molecule has 198 valence electrons.